The summed E-state index contributed by atoms with van der Waals surface area (Å²) in [5.41, 5.74) is 8.36. The lowest BCUT2D eigenvalue weighted by Gasteiger charge is -2.16. The zero-order valence-electron chi connectivity index (χ0n) is 13.4. The summed E-state index contributed by atoms with van der Waals surface area (Å²) >= 11 is 0. The fourth-order valence-corrected chi connectivity index (χ4v) is 2.45. The van der Waals surface area contributed by atoms with E-state index in [1.165, 1.54) is 11.1 Å². The number of benzene rings is 2. The van der Waals surface area contributed by atoms with Gasteiger partial charge in [-0.1, -0.05) is 24.3 Å². The van der Waals surface area contributed by atoms with Crippen LogP contribution in [-0.4, -0.2) is 19.8 Å². The Kier molecular flexibility index (Phi) is 6.28. The molecule has 0 fully saturated rings. The standard InChI is InChI=1S/C19H25NO2/c1-3-21-18-9-7-16(8-10-18)17(14-20)11-12-22-19-6-4-5-15(2)13-19/h4-10,13,17H,3,11-12,14,20H2,1-2H3. The van der Waals surface area contributed by atoms with Crippen molar-refractivity contribution in [1.29, 1.82) is 0 Å². The van der Waals surface area contributed by atoms with Gasteiger partial charge in [0.25, 0.3) is 0 Å². The minimum Gasteiger partial charge on any atom is -0.494 e. The second kappa shape index (κ2) is 8.44. The maximum absolute atomic E-state index is 5.92. The first-order valence-corrected chi connectivity index (χ1v) is 7.85. The Balaban J connectivity index is 1.88. The van der Waals surface area contributed by atoms with Crippen LogP contribution in [0.15, 0.2) is 48.5 Å². The van der Waals surface area contributed by atoms with Crippen molar-refractivity contribution in [1.82, 2.24) is 0 Å². The van der Waals surface area contributed by atoms with Crippen LogP contribution >= 0.6 is 0 Å². The molecule has 0 bridgehead atoms. The molecule has 0 heterocycles. The Labute approximate surface area is 133 Å². The van der Waals surface area contributed by atoms with Crippen LogP contribution in [0.25, 0.3) is 0 Å². The molecule has 0 aliphatic carbocycles. The maximum Gasteiger partial charge on any atom is 0.119 e. The van der Waals surface area contributed by atoms with Gasteiger partial charge >= 0.3 is 0 Å². The van der Waals surface area contributed by atoms with Crippen LogP contribution in [0.1, 0.15) is 30.4 Å². The predicted molar refractivity (Wildman–Crippen MR) is 90.7 cm³/mol. The van der Waals surface area contributed by atoms with E-state index in [0.29, 0.717) is 25.7 Å². The maximum atomic E-state index is 5.92. The van der Waals surface area contributed by atoms with E-state index in [1.54, 1.807) is 0 Å². The summed E-state index contributed by atoms with van der Waals surface area (Å²) in [5, 5.41) is 0. The fourth-order valence-electron chi connectivity index (χ4n) is 2.45. The highest BCUT2D eigenvalue weighted by atomic mass is 16.5. The van der Waals surface area contributed by atoms with Gasteiger partial charge in [0.1, 0.15) is 11.5 Å². The predicted octanol–water partition coefficient (Wildman–Crippen LogP) is 3.91. The summed E-state index contributed by atoms with van der Waals surface area (Å²) in [6, 6.07) is 16.3. The first kappa shape index (κ1) is 16.4. The van der Waals surface area contributed by atoms with Crippen LogP contribution in [-0.2, 0) is 0 Å². The molecule has 0 aliphatic rings. The van der Waals surface area contributed by atoms with Gasteiger partial charge in [-0.3, -0.25) is 0 Å². The largest absolute Gasteiger partial charge is 0.494 e. The Morgan fingerprint density at radius 2 is 1.77 bits per heavy atom. The van der Waals surface area contributed by atoms with Crippen molar-refractivity contribution >= 4 is 0 Å². The lowest BCUT2D eigenvalue weighted by Crippen LogP contribution is -2.15. The van der Waals surface area contributed by atoms with Gasteiger partial charge in [-0.25, -0.2) is 0 Å². The van der Waals surface area contributed by atoms with Crippen molar-refractivity contribution in [2.24, 2.45) is 5.73 Å². The van der Waals surface area contributed by atoms with E-state index in [0.717, 1.165) is 17.9 Å². The quantitative estimate of drug-likeness (QED) is 0.804. The van der Waals surface area contributed by atoms with Gasteiger partial charge in [0.15, 0.2) is 0 Å². The van der Waals surface area contributed by atoms with Crippen LogP contribution in [0.2, 0.25) is 0 Å². The number of rotatable bonds is 8. The monoisotopic (exact) mass is 299 g/mol. The molecule has 22 heavy (non-hydrogen) atoms. The normalized spacial score (nSPS) is 12.0. The van der Waals surface area contributed by atoms with Crippen molar-refractivity contribution < 1.29 is 9.47 Å². The highest BCUT2D eigenvalue weighted by molar-refractivity contribution is 5.30. The summed E-state index contributed by atoms with van der Waals surface area (Å²) in [4.78, 5) is 0. The third-order valence-electron chi connectivity index (χ3n) is 3.67. The van der Waals surface area contributed by atoms with Gasteiger partial charge in [0, 0.05) is 0 Å². The Bertz CT molecular complexity index is 566. The van der Waals surface area contributed by atoms with E-state index in [1.807, 2.05) is 37.3 Å². The molecular weight excluding hydrogens is 274 g/mol. The SMILES string of the molecule is CCOc1ccc(C(CN)CCOc2cccc(C)c2)cc1. The minimum atomic E-state index is 0.306. The molecule has 118 valence electrons. The lowest BCUT2D eigenvalue weighted by atomic mass is 9.96. The molecule has 0 aliphatic heterocycles. The Morgan fingerprint density at radius 1 is 1.00 bits per heavy atom. The van der Waals surface area contributed by atoms with E-state index in [-0.39, 0.29) is 0 Å². The van der Waals surface area contributed by atoms with Crippen LogP contribution in [0.3, 0.4) is 0 Å². The molecule has 3 nitrogen and oxygen atoms in total. The fraction of sp³-hybridized carbons (Fsp3) is 0.368. The molecule has 0 radical (unpaired) electrons. The minimum absolute atomic E-state index is 0.306. The molecule has 1 unspecified atom stereocenters. The number of nitrogens with two attached hydrogens (primary N) is 1. The van der Waals surface area contributed by atoms with Crippen molar-refractivity contribution in [3.8, 4) is 11.5 Å². The first-order chi connectivity index (χ1) is 10.7. The second-order valence-electron chi connectivity index (χ2n) is 5.39. The second-order valence-corrected chi connectivity index (χ2v) is 5.39. The molecule has 2 aromatic rings. The molecule has 2 N–H and O–H groups in total. The molecule has 3 heteroatoms. The van der Waals surface area contributed by atoms with Gasteiger partial charge < -0.3 is 15.2 Å². The Morgan fingerprint density at radius 3 is 2.41 bits per heavy atom. The summed E-state index contributed by atoms with van der Waals surface area (Å²) in [7, 11) is 0. The topological polar surface area (TPSA) is 44.5 Å². The number of ether oxygens (including phenoxy) is 2. The molecule has 0 amide bonds. The van der Waals surface area contributed by atoms with Crippen molar-refractivity contribution in [2.45, 2.75) is 26.2 Å². The van der Waals surface area contributed by atoms with Crippen molar-refractivity contribution in [2.75, 3.05) is 19.8 Å². The molecular formula is C19H25NO2. The van der Waals surface area contributed by atoms with Gasteiger partial charge in [-0.05, 0) is 68.1 Å². The average Bonchev–Trinajstić information content (AvgIpc) is 2.53. The van der Waals surface area contributed by atoms with Gasteiger partial charge in [0.05, 0.1) is 13.2 Å². The molecule has 0 aromatic heterocycles. The summed E-state index contributed by atoms with van der Waals surface area (Å²) in [6.45, 7) is 6.02. The van der Waals surface area contributed by atoms with Crippen LogP contribution in [0, 0.1) is 6.92 Å². The lowest BCUT2D eigenvalue weighted by molar-refractivity contribution is 0.298. The van der Waals surface area contributed by atoms with Crippen LogP contribution in [0.5, 0.6) is 11.5 Å². The third kappa shape index (κ3) is 4.78. The van der Waals surface area contributed by atoms with Gasteiger partial charge in [-0.2, -0.15) is 0 Å². The summed E-state index contributed by atoms with van der Waals surface area (Å²) in [6.07, 6.45) is 0.901. The first-order valence-electron chi connectivity index (χ1n) is 7.85. The number of aryl methyl sites for hydroxylation is 1. The summed E-state index contributed by atoms with van der Waals surface area (Å²) in [5.74, 6) is 2.13. The molecule has 0 saturated carbocycles. The van der Waals surface area contributed by atoms with Gasteiger partial charge in [0.2, 0.25) is 0 Å². The number of hydrogen-bond acceptors (Lipinski definition) is 3. The van der Waals surface area contributed by atoms with Crippen LogP contribution < -0.4 is 15.2 Å². The summed E-state index contributed by atoms with van der Waals surface area (Å²) < 4.78 is 11.3. The van der Waals surface area contributed by atoms with Crippen molar-refractivity contribution in [3.63, 3.8) is 0 Å². The van der Waals surface area contributed by atoms with E-state index in [2.05, 4.69) is 25.1 Å². The number of hydrogen-bond donors (Lipinski definition) is 1. The Hall–Kier alpha value is -2.00. The van der Waals surface area contributed by atoms with E-state index in [9.17, 15) is 0 Å². The van der Waals surface area contributed by atoms with Crippen molar-refractivity contribution in [3.05, 3.63) is 59.7 Å². The zero-order chi connectivity index (χ0) is 15.8. The highest BCUT2D eigenvalue weighted by Crippen LogP contribution is 2.22. The van der Waals surface area contributed by atoms with E-state index in [4.69, 9.17) is 15.2 Å². The molecule has 1 atom stereocenters. The molecule has 2 aromatic carbocycles. The van der Waals surface area contributed by atoms with E-state index >= 15 is 0 Å². The third-order valence-corrected chi connectivity index (χ3v) is 3.67. The smallest absolute Gasteiger partial charge is 0.119 e. The van der Waals surface area contributed by atoms with E-state index < -0.39 is 0 Å². The van der Waals surface area contributed by atoms with Crippen LogP contribution in [0.4, 0.5) is 0 Å². The molecule has 2 rings (SSSR count). The van der Waals surface area contributed by atoms with Gasteiger partial charge in [-0.15, -0.1) is 0 Å². The highest BCUT2D eigenvalue weighted by Gasteiger charge is 2.10. The zero-order valence-corrected chi connectivity index (χ0v) is 13.4. The molecule has 0 saturated heterocycles. The average molecular weight is 299 g/mol. The molecule has 0 spiro atoms.